The van der Waals surface area contributed by atoms with E-state index in [1.165, 1.54) is 6.92 Å². The van der Waals surface area contributed by atoms with Gasteiger partial charge in [0, 0.05) is 24.9 Å². The van der Waals surface area contributed by atoms with Crippen LogP contribution >= 0.6 is 11.8 Å². The second-order valence-electron chi connectivity index (χ2n) is 5.46. The second-order valence-corrected chi connectivity index (χ2v) is 6.97. The zero-order chi connectivity index (χ0) is 17.0. The maximum Gasteiger partial charge on any atom is 0.240 e. The van der Waals surface area contributed by atoms with Gasteiger partial charge in [0.05, 0.1) is 11.0 Å². The van der Waals surface area contributed by atoms with Crippen molar-refractivity contribution in [1.29, 1.82) is 0 Å². The third-order valence-corrected chi connectivity index (χ3v) is 4.32. The van der Waals surface area contributed by atoms with Crippen molar-refractivity contribution < 1.29 is 14.4 Å². The normalized spacial score (nSPS) is 18.7. The number of anilines is 1. The lowest BCUT2D eigenvalue weighted by Gasteiger charge is -2.19. The first-order valence-electron chi connectivity index (χ1n) is 7.31. The Kier molecular flexibility index (Phi) is 5.54. The summed E-state index contributed by atoms with van der Waals surface area (Å²) in [6.45, 7) is 5.08. The number of rotatable bonds is 4. The molecule has 2 atom stereocenters. The SMILES string of the molecule is CC(=O)SC(C)C(=O)Nc1ccc(C2=NNC(=O)CC2C)cc1. The van der Waals surface area contributed by atoms with Crippen LogP contribution in [0.3, 0.4) is 0 Å². The van der Waals surface area contributed by atoms with Crippen molar-refractivity contribution in [2.45, 2.75) is 32.4 Å². The molecule has 1 aliphatic rings. The van der Waals surface area contributed by atoms with E-state index >= 15 is 0 Å². The van der Waals surface area contributed by atoms with Gasteiger partial charge in [-0.3, -0.25) is 14.4 Å². The minimum atomic E-state index is -0.440. The van der Waals surface area contributed by atoms with E-state index in [1.54, 1.807) is 19.1 Å². The first-order valence-corrected chi connectivity index (χ1v) is 8.19. The monoisotopic (exact) mass is 333 g/mol. The van der Waals surface area contributed by atoms with Gasteiger partial charge in [-0.25, -0.2) is 5.43 Å². The Morgan fingerprint density at radius 1 is 1.35 bits per heavy atom. The maximum atomic E-state index is 12.0. The van der Waals surface area contributed by atoms with Crippen LogP contribution in [-0.2, 0) is 14.4 Å². The van der Waals surface area contributed by atoms with Crippen LogP contribution in [0.2, 0.25) is 0 Å². The number of carbonyl (C=O) groups excluding carboxylic acids is 3. The first kappa shape index (κ1) is 17.2. The van der Waals surface area contributed by atoms with Gasteiger partial charge in [0.2, 0.25) is 11.8 Å². The van der Waals surface area contributed by atoms with Gasteiger partial charge in [-0.1, -0.05) is 30.8 Å². The van der Waals surface area contributed by atoms with E-state index in [2.05, 4.69) is 15.8 Å². The molecule has 6 nitrogen and oxygen atoms in total. The maximum absolute atomic E-state index is 12.0. The molecule has 0 fully saturated rings. The van der Waals surface area contributed by atoms with Gasteiger partial charge in [0.15, 0.2) is 5.12 Å². The number of hydrogen-bond donors (Lipinski definition) is 2. The van der Waals surface area contributed by atoms with E-state index in [0.29, 0.717) is 12.1 Å². The molecule has 0 spiro atoms. The Morgan fingerprint density at radius 2 is 2.00 bits per heavy atom. The second kappa shape index (κ2) is 7.41. The third kappa shape index (κ3) is 4.66. The molecular weight excluding hydrogens is 314 g/mol. The van der Waals surface area contributed by atoms with Crippen LogP contribution in [0.5, 0.6) is 0 Å². The van der Waals surface area contributed by atoms with Crippen molar-refractivity contribution in [3.05, 3.63) is 29.8 Å². The van der Waals surface area contributed by atoms with Crippen LogP contribution in [0.15, 0.2) is 29.4 Å². The van der Waals surface area contributed by atoms with E-state index in [9.17, 15) is 14.4 Å². The Morgan fingerprint density at radius 3 is 2.57 bits per heavy atom. The van der Waals surface area contributed by atoms with E-state index in [-0.39, 0.29) is 22.8 Å². The molecule has 1 aliphatic heterocycles. The zero-order valence-corrected chi connectivity index (χ0v) is 14.1. The highest BCUT2D eigenvalue weighted by molar-refractivity contribution is 8.14. The van der Waals surface area contributed by atoms with Gasteiger partial charge >= 0.3 is 0 Å². The van der Waals surface area contributed by atoms with Gasteiger partial charge in [-0.15, -0.1) is 0 Å². The average Bonchev–Trinajstić information content (AvgIpc) is 2.47. The molecule has 0 saturated heterocycles. The quantitative estimate of drug-likeness (QED) is 0.884. The number of thioether (sulfide) groups is 1. The molecule has 7 heteroatoms. The molecule has 0 radical (unpaired) electrons. The minimum absolute atomic E-state index is 0.0520. The molecule has 2 unspecified atom stereocenters. The smallest absolute Gasteiger partial charge is 0.240 e. The molecule has 2 amide bonds. The van der Waals surface area contributed by atoms with E-state index in [0.717, 1.165) is 23.0 Å². The molecule has 0 saturated carbocycles. The number of hydrazone groups is 1. The van der Waals surface area contributed by atoms with Crippen LogP contribution < -0.4 is 10.7 Å². The standard InChI is InChI=1S/C16H19N3O3S/c1-9-8-14(21)18-19-15(9)12-4-6-13(7-5-12)17-16(22)10(2)23-11(3)20/h4-7,9-10H,8H2,1-3H3,(H,17,22)(H,18,21). The summed E-state index contributed by atoms with van der Waals surface area (Å²) in [7, 11) is 0. The molecule has 1 heterocycles. The summed E-state index contributed by atoms with van der Waals surface area (Å²) in [6.07, 6.45) is 0.414. The molecule has 2 rings (SSSR count). The number of benzene rings is 1. The fourth-order valence-electron chi connectivity index (χ4n) is 2.27. The number of carbonyl (C=O) groups is 3. The third-order valence-electron chi connectivity index (χ3n) is 3.42. The highest BCUT2D eigenvalue weighted by Crippen LogP contribution is 2.19. The molecule has 2 N–H and O–H groups in total. The van der Waals surface area contributed by atoms with E-state index in [4.69, 9.17) is 0 Å². The highest BCUT2D eigenvalue weighted by Gasteiger charge is 2.21. The van der Waals surface area contributed by atoms with Crippen molar-refractivity contribution in [3.63, 3.8) is 0 Å². The summed E-state index contributed by atoms with van der Waals surface area (Å²) in [5.74, 6) is -0.244. The molecule has 1 aromatic carbocycles. The van der Waals surface area contributed by atoms with Crippen molar-refractivity contribution in [2.24, 2.45) is 11.0 Å². The van der Waals surface area contributed by atoms with Crippen LogP contribution in [0.4, 0.5) is 5.69 Å². The number of nitrogens with one attached hydrogen (secondary N) is 2. The van der Waals surface area contributed by atoms with Crippen LogP contribution in [-0.4, -0.2) is 27.9 Å². The van der Waals surface area contributed by atoms with Crippen molar-refractivity contribution in [3.8, 4) is 0 Å². The van der Waals surface area contributed by atoms with Crippen molar-refractivity contribution >= 4 is 40.1 Å². The lowest BCUT2D eigenvalue weighted by atomic mass is 9.94. The fraction of sp³-hybridized carbons (Fsp3) is 0.375. The largest absolute Gasteiger partial charge is 0.325 e. The Hall–Kier alpha value is -2.15. The Labute approximate surface area is 139 Å². The number of amides is 2. The minimum Gasteiger partial charge on any atom is -0.325 e. The summed E-state index contributed by atoms with van der Waals surface area (Å²) in [5, 5.41) is 6.35. The molecule has 0 bridgehead atoms. The topological polar surface area (TPSA) is 87.6 Å². The number of hydrogen-bond acceptors (Lipinski definition) is 5. The van der Waals surface area contributed by atoms with Crippen molar-refractivity contribution in [1.82, 2.24) is 5.43 Å². The van der Waals surface area contributed by atoms with Crippen LogP contribution in [0.1, 0.15) is 32.8 Å². The number of nitrogens with zero attached hydrogens (tertiary/aromatic N) is 1. The lowest BCUT2D eigenvalue weighted by molar-refractivity contribution is -0.122. The molecule has 23 heavy (non-hydrogen) atoms. The van der Waals surface area contributed by atoms with Crippen molar-refractivity contribution in [2.75, 3.05) is 5.32 Å². The summed E-state index contributed by atoms with van der Waals surface area (Å²) in [5.41, 5.74) is 4.87. The molecule has 1 aromatic rings. The van der Waals surface area contributed by atoms with Gasteiger partial charge in [0.25, 0.3) is 0 Å². The fourth-order valence-corrected chi connectivity index (χ4v) is 2.94. The summed E-state index contributed by atoms with van der Waals surface area (Å²) in [4.78, 5) is 34.3. The van der Waals surface area contributed by atoms with Crippen LogP contribution in [0, 0.1) is 5.92 Å². The zero-order valence-electron chi connectivity index (χ0n) is 13.3. The Bertz CT molecular complexity index is 655. The van der Waals surface area contributed by atoms with E-state index < -0.39 is 5.25 Å². The molecule has 0 aliphatic carbocycles. The molecule has 122 valence electrons. The Balaban J connectivity index is 2.04. The van der Waals surface area contributed by atoms with Crippen LogP contribution in [0.25, 0.3) is 0 Å². The van der Waals surface area contributed by atoms with Gasteiger partial charge in [-0.2, -0.15) is 5.10 Å². The van der Waals surface area contributed by atoms with Gasteiger partial charge in [0.1, 0.15) is 0 Å². The van der Waals surface area contributed by atoms with E-state index in [1.807, 2.05) is 19.1 Å². The first-order chi connectivity index (χ1) is 10.9. The summed E-state index contributed by atoms with van der Waals surface area (Å²) < 4.78 is 0. The molecule has 0 aromatic heterocycles. The summed E-state index contributed by atoms with van der Waals surface area (Å²) >= 11 is 0.998. The predicted molar refractivity (Wildman–Crippen MR) is 91.3 cm³/mol. The lowest BCUT2D eigenvalue weighted by Crippen LogP contribution is -2.31. The average molecular weight is 333 g/mol. The van der Waals surface area contributed by atoms with Gasteiger partial charge in [-0.05, 0) is 24.6 Å². The predicted octanol–water partition coefficient (Wildman–Crippen LogP) is 2.15. The summed E-state index contributed by atoms with van der Waals surface area (Å²) in [6, 6.07) is 7.27. The van der Waals surface area contributed by atoms with Gasteiger partial charge < -0.3 is 5.32 Å². The molecular formula is C16H19N3O3S. The highest BCUT2D eigenvalue weighted by atomic mass is 32.2.